The van der Waals surface area contributed by atoms with Gasteiger partial charge in [-0.15, -0.1) is 11.3 Å². The van der Waals surface area contributed by atoms with E-state index >= 15 is 0 Å². The third-order valence-corrected chi connectivity index (χ3v) is 6.65. The maximum Gasteiger partial charge on any atom is 0.247 e. The number of ether oxygens (including phenoxy) is 2. The van der Waals surface area contributed by atoms with Gasteiger partial charge in [0.1, 0.15) is 24.4 Å². The minimum absolute atomic E-state index is 0.358. The number of para-hydroxylation sites is 2. The molecule has 5 rings (SSSR count). The minimum atomic E-state index is -0.358. The van der Waals surface area contributed by atoms with E-state index in [1.807, 2.05) is 59.3 Å². The fourth-order valence-electron chi connectivity index (χ4n) is 3.88. The third-order valence-electron chi connectivity index (χ3n) is 5.75. The molecule has 2 N–H and O–H groups in total. The average molecular weight is 530 g/mol. The van der Waals surface area contributed by atoms with Gasteiger partial charge in [0.2, 0.25) is 11.9 Å². The zero-order valence-corrected chi connectivity index (χ0v) is 22.1. The van der Waals surface area contributed by atoms with E-state index in [9.17, 15) is 4.79 Å². The molecule has 3 aromatic heterocycles. The van der Waals surface area contributed by atoms with E-state index in [1.165, 1.54) is 6.08 Å². The van der Waals surface area contributed by atoms with Crippen LogP contribution in [0.3, 0.4) is 0 Å². The summed E-state index contributed by atoms with van der Waals surface area (Å²) in [7, 11) is 5.49. The van der Waals surface area contributed by atoms with Gasteiger partial charge in [0.15, 0.2) is 5.82 Å². The van der Waals surface area contributed by atoms with Crippen molar-refractivity contribution < 1.29 is 14.3 Å². The molecular weight excluding hydrogens is 502 g/mol. The first-order chi connectivity index (χ1) is 18.5. The van der Waals surface area contributed by atoms with Crippen LogP contribution in [-0.4, -0.2) is 64.7 Å². The summed E-state index contributed by atoms with van der Waals surface area (Å²) < 4.78 is 14.5. The lowest BCUT2D eigenvalue weighted by molar-refractivity contribution is -0.111. The van der Waals surface area contributed by atoms with Gasteiger partial charge in [0, 0.05) is 12.6 Å². The molecule has 0 bridgehead atoms. The van der Waals surface area contributed by atoms with Crippen LogP contribution in [0, 0.1) is 0 Å². The lowest BCUT2D eigenvalue weighted by Gasteiger charge is -2.18. The molecule has 0 fully saturated rings. The monoisotopic (exact) mass is 529 g/mol. The molecule has 10 nitrogen and oxygen atoms in total. The number of aromatic nitrogens is 4. The molecule has 1 amide bonds. The molecule has 2 aromatic carbocycles. The molecule has 3 heterocycles. The Balaban J connectivity index is 1.56. The number of nitrogens with one attached hydrogen (secondary N) is 2. The van der Waals surface area contributed by atoms with Gasteiger partial charge in [0.05, 0.1) is 39.7 Å². The number of fused-ring (bicyclic) bond motifs is 2. The van der Waals surface area contributed by atoms with E-state index in [0.717, 1.165) is 21.3 Å². The summed E-state index contributed by atoms with van der Waals surface area (Å²) in [6.45, 7) is 4.69. The lowest BCUT2D eigenvalue weighted by atomic mass is 10.2. The largest absolute Gasteiger partial charge is 0.494 e. The minimum Gasteiger partial charge on any atom is -0.494 e. The Morgan fingerprint density at radius 1 is 1.13 bits per heavy atom. The number of carbonyl (C=O) groups excluding carboxylic acids is 1. The van der Waals surface area contributed by atoms with E-state index < -0.39 is 0 Å². The SMILES string of the molecule is C=CC(=O)Nc1cc(Nc2nc(-n3cnc4ccccc43)c3sccc3n2)c(OC)cc1OCCN(C)C. The third kappa shape index (κ3) is 5.15. The first kappa shape index (κ1) is 25.2. The summed E-state index contributed by atoms with van der Waals surface area (Å²) in [4.78, 5) is 28.3. The Kier molecular flexibility index (Phi) is 7.20. The van der Waals surface area contributed by atoms with Crippen molar-refractivity contribution in [2.45, 2.75) is 0 Å². The summed E-state index contributed by atoms with van der Waals surface area (Å²) >= 11 is 1.56. The normalized spacial score (nSPS) is 11.2. The predicted octanol–water partition coefficient (Wildman–Crippen LogP) is 4.85. The number of amides is 1. The molecule has 0 spiro atoms. The molecule has 0 aliphatic heterocycles. The Morgan fingerprint density at radius 2 is 1.97 bits per heavy atom. The molecule has 0 unspecified atom stereocenters. The molecule has 5 aromatic rings. The molecule has 0 aliphatic rings. The number of methoxy groups -OCH3 is 1. The maximum absolute atomic E-state index is 12.2. The molecule has 194 valence electrons. The summed E-state index contributed by atoms with van der Waals surface area (Å²) in [5.74, 6) is 1.70. The van der Waals surface area contributed by atoms with Gasteiger partial charge in [-0.1, -0.05) is 18.7 Å². The van der Waals surface area contributed by atoms with Crippen molar-refractivity contribution in [3.8, 4) is 17.3 Å². The van der Waals surface area contributed by atoms with E-state index in [4.69, 9.17) is 19.4 Å². The second-order valence-corrected chi connectivity index (χ2v) is 9.54. The first-order valence-electron chi connectivity index (χ1n) is 11.8. The highest BCUT2D eigenvalue weighted by molar-refractivity contribution is 7.17. The van der Waals surface area contributed by atoms with Crippen LogP contribution in [0.4, 0.5) is 17.3 Å². The number of nitrogens with zero attached hydrogens (tertiary/aromatic N) is 5. The highest BCUT2D eigenvalue weighted by Crippen LogP contribution is 2.38. The highest BCUT2D eigenvalue weighted by atomic mass is 32.1. The number of hydrogen-bond donors (Lipinski definition) is 2. The number of likely N-dealkylation sites (N-methyl/N-ethyl adjacent to an activating group) is 1. The van der Waals surface area contributed by atoms with Crippen molar-refractivity contribution >= 4 is 55.8 Å². The van der Waals surface area contributed by atoms with Crippen LogP contribution in [0.15, 0.2) is 66.8 Å². The molecule has 0 saturated heterocycles. The van der Waals surface area contributed by atoms with Gasteiger partial charge < -0.3 is 25.0 Å². The van der Waals surface area contributed by atoms with Crippen molar-refractivity contribution in [2.75, 3.05) is 45.0 Å². The van der Waals surface area contributed by atoms with Crippen molar-refractivity contribution in [3.05, 3.63) is 66.8 Å². The number of thiophene rings is 1. The van der Waals surface area contributed by atoms with E-state index in [1.54, 1.807) is 36.9 Å². The number of rotatable bonds is 10. The number of hydrogen-bond acceptors (Lipinski definition) is 9. The highest BCUT2D eigenvalue weighted by Gasteiger charge is 2.18. The van der Waals surface area contributed by atoms with E-state index in [0.29, 0.717) is 47.8 Å². The zero-order chi connectivity index (χ0) is 26.6. The molecule has 11 heteroatoms. The van der Waals surface area contributed by atoms with Gasteiger partial charge in [-0.3, -0.25) is 9.36 Å². The van der Waals surface area contributed by atoms with Crippen LogP contribution in [0.25, 0.3) is 27.1 Å². The van der Waals surface area contributed by atoms with Gasteiger partial charge in [-0.25, -0.2) is 9.97 Å². The fraction of sp³-hybridized carbons (Fsp3) is 0.185. The summed E-state index contributed by atoms with van der Waals surface area (Å²) in [5, 5.41) is 8.07. The smallest absolute Gasteiger partial charge is 0.247 e. The van der Waals surface area contributed by atoms with Crippen LogP contribution in [0.5, 0.6) is 11.5 Å². The van der Waals surface area contributed by atoms with Gasteiger partial charge >= 0.3 is 0 Å². The van der Waals surface area contributed by atoms with Gasteiger partial charge in [-0.05, 0) is 49.8 Å². The predicted molar refractivity (Wildman–Crippen MR) is 151 cm³/mol. The molecule has 0 atom stereocenters. The molecule has 0 saturated carbocycles. The Morgan fingerprint density at radius 3 is 2.76 bits per heavy atom. The average Bonchev–Trinajstić information content (AvgIpc) is 3.56. The van der Waals surface area contributed by atoms with Crippen molar-refractivity contribution in [1.82, 2.24) is 24.4 Å². The Labute approximate surface area is 223 Å². The van der Waals surface area contributed by atoms with Crippen LogP contribution < -0.4 is 20.1 Å². The number of imidazole rings is 1. The molecule has 0 radical (unpaired) electrons. The second kappa shape index (κ2) is 10.9. The van der Waals surface area contributed by atoms with E-state index in [2.05, 4.69) is 22.2 Å². The summed E-state index contributed by atoms with van der Waals surface area (Å²) in [5.41, 5.74) is 3.64. The summed E-state index contributed by atoms with van der Waals surface area (Å²) in [6.07, 6.45) is 2.97. The molecule has 38 heavy (non-hydrogen) atoms. The Hall–Kier alpha value is -4.48. The number of carbonyl (C=O) groups is 1. The maximum atomic E-state index is 12.2. The topological polar surface area (TPSA) is 106 Å². The van der Waals surface area contributed by atoms with Crippen molar-refractivity contribution in [2.24, 2.45) is 0 Å². The van der Waals surface area contributed by atoms with Crippen molar-refractivity contribution in [1.29, 1.82) is 0 Å². The zero-order valence-electron chi connectivity index (χ0n) is 21.3. The fourth-order valence-corrected chi connectivity index (χ4v) is 4.70. The molecular formula is C27H27N7O3S. The molecule has 0 aliphatic carbocycles. The standard InChI is InChI=1S/C27H27N7O3S/c1-5-24(35)29-20-14-19(22(36-4)15-23(20)37-12-11-33(2)3)31-27-30-18-10-13-38-25(18)26(32-27)34-16-28-17-8-6-7-9-21(17)34/h5-10,13-16H,1,11-12H2,2-4H3,(H,29,35)(H,30,31,32). The lowest BCUT2D eigenvalue weighted by Crippen LogP contribution is -2.20. The quantitative estimate of drug-likeness (QED) is 0.247. The summed E-state index contributed by atoms with van der Waals surface area (Å²) in [6, 6.07) is 13.3. The van der Waals surface area contributed by atoms with Crippen LogP contribution in [0.1, 0.15) is 0 Å². The second-order valence-electron chi connectivity index (χ2n) is 8.63. The number of anilines is 3. The number of benzene rings is 2. The van der Waals surface area contributed by atoms with Gasteiger partial charge in [-0.2, -0.15) is 4.98 Å². The van der Waals surface area contributed by atoms with Crippen LogP contribution in [0.2, 0.25) is 0 Å². The van der Waals surface area contributed by atoms with Crippen molar-refractivity contribution in [3.63, 3.8) is 0 Å². The van der Waals surface area contributed by atoms with Crippen LogP contribution >= 0.6 is 11.3 Å². The van der Waals surface area contributed by atoms with E-state index in [-0.39, 0.29) is 5.91 Å². The van der Waals surface area contributed by atoms with Gasteiger partial charge in [0.25, 0.3) is 0 Å². The van der Waals surface area contributed by atoms with Crippen LogP contribution in [-0.2, 0) is 4.79 Å². The Bertz CT molecular complexity index is 1630. The first-order valence-corrected chi connectivity index (χ1v) is 12.7.